The fourth-order valence-corrected chi connectivity index (χ4v) is 7.84. The minimum Gasteiger partial charge on any atom is -0.377 e. The molecule has 0 aromatic carbocycles. The molecule has 2 N–H and O–H groups in total. The second-order valence-corrected chi connectivity index (χ2v) is 10.4. The lowest BCUT2D eigenvalue weighted by molar-refractivity contribution is -0.110. The van der Waals surface area contributed by atoms with Crippen molar-refractivity contribution < 1.29 is 22.3 Å². The molecule has 146 valence electrons. The van der Waals surface area contributed by atoms with Crippen molar-refractivity contribution in [3.63, 3.8) is 0 Å². The third-order valence-electron chi connectivity index (χ3n) is 8.55. The van der Waals surface area contributed by atoms with Gasteiger partial charge in [-0.05, 0) is 87.4 Å². The van der Waals surface area contributed by atoms with Gasteiger partial charge >= 0.3 is 10.4 Å². The quantitative estimate of drug-likeness (QED) is 0.566. The van der Waals surface area contributed by atoms with Gasteiger partial charge in [-0.25, -0.2) is 4.18 Å². The Kier molecular flexibility index (Phi) is 4.47. The Hall–Kier alpha value is -0.610. The maximum Gasteiger partial charge on any atom is 0.397 e. The van der Waals surface area contributed by atoms with Gasteiger partial charge < -0.3 is 5.11 Å². The molecule has 4 rings (SSSR count). The molecule has 0 saturated heterocycles. The molecule has 0 spiro atoms. The summed E-state index contributed by atoms with van der Waals surface area (Å²) in [5.74, 6) is 5.58. The molecule has 26 heavy (non-hydrogen) atoms. The third-order valence-corrected chi connectivity index (χ3v) is 9.07. The molecule has 0 unspecified atom stereocenters. The monoisotopic (exact) mass is 382 g/mol. The predicted octanol–water partition coefficient (Wildman–Crippen LogP) is 3.19. The molecule has 0 radical (unpaired) electrons. The van der Waals surface area contributed by atoms with Gasteiger partial charge in [0.25, 0.3) is 0 Å². The highest BCUT2D eigenvalue weighted by atomic mass is 32.3. The number of hydrogen-bond acceptors (Lipinski definition) is 4. The summed E-state index contributed by atoms with van der Waals surface area (Å²) in [6, 6.07) is 0. The van der Waals surface area contributed by atoms with E-state index in [9.17, 15) is 13.5 Å². The Bertz CT molecular complexity index is 712. The van der Waals surface area contributed by atoms with Crippen LogP contribution < -0.4 is 0 Å². The van der Waals surface area contributed by atoms with Crippen LogP contribution in [0.5, 0.6) is 0 Å². The molecule has 5 nitrogen and oxygen atoms in total. The van der Waals surface area contributed by atoms with Crippen molar-refractivity contribution in [1.82, 2.24) is 0 Å². The van der Waals surface area contributed by atoms with E-state index in [0.717, 1.165) is 44.9 Å². The lowest BCUT2D eigenvalue weighted by Gasteiger charge is -2.56. The standard InChI is InChI=1S/C20H30O5S/c1-3-20(21)11-9-18-17-6-4-13-12-14(25-26(22,23)24)5-7-15(13)16(17)8-10-19(18,20)2/h1,13-18,21H,4-12H2,2H3,(H,22,23,24)/t13-,14+,15+,16-,17-,18+,19+,20+/m1/s1. The van der Waals surface area contributed by atoms with Crippen LogP contribution in [-0.2, 0) is 14.6 Å². The first-order valence-electron chi connectivity index (χ1n) is 10.0. The first-order valence-corrected chi connectivity index (χ1v) is 11.4. The highest BCUT2D eigenvalue weighted by molar-refractivity contribution is 7.80. The van der Waals surface area contributed by atoms with Crippen LogP contribution >= 0.6 is 0 Å². The zero-order chi connectivity index (χ0) is 18.7. The first-order chi connectivity index (χ1) is 12.2. The van der Waals surface area contributed by atoms with Crippen LogP contribution in [0, 0.1) is 47.3 Å². The van der Waals surface area contributed by atoms with E-state index in [0.29, 0.717) is 42.4 Å². The van der Waals surface area contributed by atoms with Crippen molar-refractivity contribution in [3.05, 3.63) is 0 Å². The Morgan fingerprint density at radius 2 is 1.77 bits per heavy atom. The van der Waals surface area contributed by atoms with Crippen LogP contribution in [0.4, 0.5) is 0 Å². The summed E-state index contributed by atoms with van der Waals surface area (Å²) in [4.78, 5) is 0. The van der Waals surface area contributed by atoms with Crippen molar-refractivity contribution in [2.45, 2.75) is 76.4 Å². The molecule has 0 bridgehead atoms. The Balaban J connectivity index is 1.50. The summed E-state index contributed by atoms with van der Waals surface area (Å²) in [6.45, 7) is 2.20. The molecular weight excluding hydrogens is 352 g/mol. The zero-order valence-corrected chi connectivity index (χ0v) is 16.2. The summed E-state index contributed by atoms with van der Waals surface area (Å²) in [7, 11) is -4.37. The van der Waals surface area contributed by atoms with Gasteiger partial charge in [0, 0.05) is 5.41 Å². The summed E-state index contributed by atoms with van der Waals surface area (Å²) < 4.78 is 35.9. The van der Waals surface area contributed by atoms with Crippen molar-refractivity contribution >= 4 is 10.4 Å². The average molecular weight is 383 g/mol. The second kappa shape index (κ2) is 6.20. The highest BCUT2D eigenvalue weighted by Crippen LogP contribution is 2.65. The topological polar surface area (TPSA) is 83.8 Å². The van der Waals surface area contributed by atoms with Gasteiger partial charge in [-0.2, -0.15) is 8.42 Å². The van der Waals surface area contributed by atoms with Gasteiger partial charge in [-0.3, -0.25) is 4.55 Å². The lowest BCUT2D eigenvalue weighted by Crippen LogP contribution is -2.53. The normalized spacial score (nSPS) is 51.0. The summed E-state index contributed by atoms with van der Waals surface area (Å²) >= 11 is 0. The molecule has 0 aliphatic heterocycles. The fourth-order valence-electron chi connectivity index (χ4n) is 7.32. The van der Waals surface area contributed by atoms with Crippen LogP contribution in [0.3, 0.4) is 0 Å². The minimum absolute atomic E-state index is 0.166. The average Bonchev–Trinajstić information content (AvgIpc) is 2.85. The van der Waals surface area contributed by atoms with Crippen molar-refractivity contribution in [1.29, 1.82) is 0 Å². The van der Waals surface area contributed by atoms with Crippen LogP contribution in [0.25, 0.3) is 0 Å². The van der Waals surface area contributed by atoms with Gasteiger partial charge in [0.05, 0.1) is 6.10 Å². The number of fused-ring (bicyclic) bond motifs is 5. The fraction of sp³-hybridized carbons (Fsp3) is 0.900. The van der Waals surface area contributed by atoms with E-state index in [2.05, 4.69) is 12.8 Å². The van der Waals surface area contributed by atoms with Crippen molar-refractivity contribution in [2.75, 3.05) is 0 Å². The molecule has 0 aromatic rings. The molecule has 0 heterocycles. The van der Waals surface area contributed by atoms with Gasteiger partial charge in [0.1, 0.15) is 5.60 Å². The minimum atomic E-state index is -4.37. The molecule has 4 aliphatic rings. The summed E-state index contributed by atoms with van der Waals surface area (Å²) in [5.41, 5.74) is -1.12. The molecule has 4 saturated carbocycles. The van der Waals surface area contributed by atoms with Crippen molar-refractivity contribution in [2.24, 2.45) is 35.0 Å². The van der Waals surface area contributed by atoms with E-state index in [4.69, 9.17) is 15.2 Å². The molecular formula is C20H30O5S. The number of hydrogen-bond donors (Lipinski definition) is 2. The van der Waals surface area contributed by atoms with Crippen LogP contribution in [0.15, 0.2) is 0 Å². The van der Waals surface area contributed by atoms with Gasteiger partial charge in [0.15, 0.2) is 0 Å². The predicted molar refractivity (Wildman–Crippen MR) is 97.3 cm³/mol. The maximum absolute atomic E-state index is 11.0. The van der Waals surface area contributed by atoms with Gasteiger partial charge in [0.2, 0.25) is 0 Å². The number of aliphatic hydroxyl groups is 1. The Morgan fingerprint density at radius 3 is 2.46 bits per heavy atom. The number of terminal acetylenes is 1. The molecule has 4 aliphatic carbocycles. The second-order valence-electron chi connectivity index (χ2n) is 9.39. The van der Waals surface area contributed by atoms with E-state index in [1.54, 1.807) is 0 Å². The highest BCUT2D eigenvalue weighted by Gasteiger charge is 2.62. The molecule has 8 atom stereocenters. The third kappa shape index (κ3) is 2.83. The summed E-state index contributed by atoms with van der Waals surface area (Å²) in [5, 5.41) is 11.0. The van der Waals surface area contributed by atoms with E-state index >= 15 is 0 Å². The lowest BCUT2D eigenvalue weighted by atomic mass is 9.49. The van der Waals surface area contributed by atoms with E-state index < -0.39 is 16.0 Å². The van der Waals surface area contributed by atoms with Crippen molar-refractivity contribution in [3.8, 4) is 12.3 Å². The molecule has 4 fully saturated rings. The van der Waals surface area contributed by atoms with Crippen LogP contribution in [-0.4, -0.2) is 29.8 Å². The SMILES string of the molecule is C#C[C@]1(O)CC[C@H]2[C@@H]3CC[C@@H]4C[C@@H](OS(=O)(=O)O)CC[C@@H]4[C@H]3CC[C@@]21C. The summed E-state index contributed by atoms with van der Waals surface area (Å²) in [6.07, 6.45) is 13.8. The first kappa shape index (κ1) is 18.7. The Morgan fingerprint density at radius 1 is 1.04 bits per heavy atom. The van der Waals surface area contributed by atoms with Gasteiger partial charge in [-0.15, -0.1) is 6.42 Å². The number of rotatable bonds is 2. The van der Waals surface area contributed by atoms with E-state index in [-0.39, 0.29) is 11.5 Å². The van der Waals surface area contributed by atoms with E-state index in [1.807, 2.05) is 0 Å². The molecule has 0 aromatic heterocycles. The van der Waals surface area contributed by atoms with Crippen LogP contribution in [0.2, 0.25) is 0 Å². The van der Waals surface area contributed by atoms with Gasteiger partial charge in [-0.1, -0.05) is 12.8 Å². The van der Waals surface area contributed by atoms with E-state index in [1.165, 1.54) is 0 Å². The smallest absolute Gasteiger partial charge is 0.377 e. The zero-order valence-electron chi connectivity index (χ0n) is 15.4. The molecule has 0 amide bonds. The largest absolute Gasteiger partial charge is 0.397 e. The Labute approximate surface area is 156 Å². The van der Waals surface area contributed by atoms with Crippen LogP contribution in [0.1, 0.15) is 64.7 Å². The molecule has 6 heteroatoms. The maximum atomic E-state index is 11.0.